The summed E-state index contributed by atoms with van der Waals surface area (Å²) in [6.07, 6.45) is 1.69. The fraction of sp³-hybridized carbons (Fsp3) is 0.0667. The molecule has 0 radical (unpaired) electrons. The molecule has 0 atom stereocenters. The molecule has 22 heavy (non-hydrogen) atoms. The number of anilines is 1. The third-order valence-corrected chi connectivity index (χ3v) is 3.48. The second-order valence-electron chi connectivity index (χ2n) is 4.58. The Morgan fingerprint density at radius 3 is 2.82 bits per heavy atom. The molecule has 1 aromatic carbocycles. The number of carboxylic acids is 1. The van der Waals surface area contributed by atoms with Crippen molar-refractivity contribution in [3.8, 4) is 5.75 Å². The molecule has 0 fully saturated rings. The van der Waals surface area contributed by atoms with E-state index in [2.05, 4.69) is 4.98 Å². The molecule has 3 rings (SSSR count). The van der Waals surface area contributed by atoms with E-state index in [0.29, 0.717) is 27.8 Å². The minimum Gasteiger partial charge on any atom is -0.484 e. The second kappa shape index (κ2) is 5.57. The van der Waals surface area contributed by atoms with Crippen molar-refractivity contribution in [2.75, 3.05) is 5.73 Å². The molecule has 0 aliphatic heterocycles. The van der Waals surface area contributed by atoms with Crippen LogP contribution in [0.15, 0.2) is 42.6 Å². The summed E-state index contributed by atoms with van der Waals surface area (Å²) in [5.41, 5.74) is 6.45. The Morgan fingerprint density at radius 2 is 2.09 bits per heavy atom. The van der Waals surface area contributed by atoms with E-state index in [4.69, 9.17) is 22.1 Å². The van der Waals surface area contributed by atoms with E-state index in [1.807, 2.05) is 0 Å². The zero-order chi connectivity index (χ0) is 15.7. The highest BCUT2D eigenvalue weighted by molar-refractivity contribution is 6.32. The van der Waals surface area contributed by atoms with E-state index >= 15 is 0 Å². The summed E-state index contributed by atoms with van der Waals surface area (Å²) in [6.45, 7) is 0.0711. The number of para-hydroxylation sites is 1. The average molecular weight is 318 g/mol. The highest BCUT2D eigenvalue weighted by Gasteiger charge is 2.19. The Bertz CT molecular complexity index is 860. The van der Waals surface area contributed by atoms with E-state index in [0.717, 1.165) is 0 Å². The number of carbonyl (C=O) groups is 1. The number of imidazole rings is 1. The summed E-state index contributed by atoms with van der Waals surface area (Å²) in [4.78, 5) is 15.4. The SMILES string of the molecule is Nc1cccn2c(COc3ccccc3Cl)nc(C(=O)O)c12. The molecule has 0 unspecified atom stereocenters. The second-order valence-corrected chi connectivity index (χ2v) is 4.99. The molecule has 0 amide bonds. The number of pyridine rings is 1. The van der Waals surface area contributed by atoms with Gasteiger partial charge in [-0.1, -0.05) is 23.7 Å². The molecule has 0 saturated heterocycles. The molecule has 6 nitrogen and oxygen atoms in total. The predicted molar refractivity (Wildman–Crippen MR) is 82.3 cm³/mol. The van der Waals surface area contributed by atoms with E-state index < -0.39 is 5.97 Å². The molecule has 7 heteroatoms. The zero-order valence-electron chi connectivity index (χ0n) is 11.4. The average Bonchev–Trinajstić information content (AvgIpc) is 2.87. The largest absolute Gasteiger partial charge is 0.484 e. The number of nitrogens with two attached hydrogens (primary N) is 1. The number of rotatable bonds is 4. The van der Waals surface area contributed by atoms with Gasteiger partial charge in [-0.25, -0.2) is 9.78 Å². The molecule has 0 saturated carbocycles. The number of aromatic carboxylic acids is 1. The summed E-state index contributed by atoms with van der Waals surface area (Å²) in [6, 6.07) is 10.4. The maximum atomic E-state index is 11.3. The Labute approximate surface area is 130 Å². The maximum absolute atomic E-state index is 11.3. The Hall–Kier alpha value is -2.73. The molecule has 0 aliphatic rings. The van der Waals surface area contributed by atoms with Crippen LogP contribution in [0.2, 0.25) is 5.02 Å². The van der Waals surface area contributed by atoms with Gasteiger partial charge in [0.25, 0.3) is 0 Å². The molecule has 0 bridgehead atoms. The Balaban J connectivity index is 2.00. The third-order valence-electron chi connectivity index (χ3n) is 3.16. The van der Waals surface area contributed by atoms with Crippen molar-refractivity contribution < 1.29 is 14.6 Å². The van der Waals surface area contributed by atoms with Crippen LogP contribution in [0.25, 0.3) is 5.52 Å². The van der Waals surface area contributed by atoms with Crippen molar-refractivity contribution >= 4 is 28.8 Å². The number of halogens is 1. The van der Waals surface area contributed by atoms with E-state index in [1.54, 1.807) is 47.0 Å². The van der Waals surface area contributed by atoms with Crippen LogP contribution in [0.1, 0.15) is 16.3 Å². The number of hydrogen-bond donors (Lipinski definition) is 2. The highest BCUT2D eigenvalue weighted by Crippen LogP contribution is 2.25. The van der Waals surface area contributed by atoms with Crippen LogP contribution in [-0.2, 0) is 6.61 Å². The van der Waals surface area contributed by atoms with Gasteiger partial charge in [0.05, 0.1) is 10.7 Å². The van der Waals surface area contributed by atoms with Gasteiger partial charge in [0.1, 0.15) is 17.9 Å². The number of hydrogen-bond acceptors (Lipinski definition) is 4. The van der Waals surface area contributed by atoms with Crippen molar-refractivity contribution in [2.45, 2.75) is 6.61 Å². The number of aromatic nitrogens is 2. The summed E-state index contributed by atoms with van der Waals surface area (Å²) in [5, 5.41) is 9.73. The predicted octanol–water partition coefficient (Wildman–Crippen LogP) is 2.85. The van der Waals surface area contributed by atoms with Crippen molar-refractivity contribution in [3.63, 3.8) is 0 Å². The van der Waals surface area contributed by atoms with Crippen molar-refractivity contribution in [1.29, 1.82) is 0 Å². The summed E-state index contributed by atoms with van der Waals surface area (Å²) >= 11 is 6.02. The number of carboxylic acid groups (broad SMARTS) is 1. The first-order valence-corrected chi connectivity index (χ1v) is 6.82. The van der Waals surface area contributed by atoms with E-state index in [1.165, 1.54) is 0 Å². The fourth-order valence-electron chi connectivity index (χ4n) is 2.18. The molecule has 2 aromatic heterocycles. The van der Waals surface area contributed by atoms with Gasteiger partial charge in [-0.2, -0.15) is 0 Å². The highest BCUT2D eigenvalue weighted by atomic mass is 35.5. The smallest absolute Gasteiger partial charge is 0.356 e. The van der Waals surface area contributed by atoms with Gasteiger partial charge in [0.15, 0.2) is 11.5 Å². The molecular weight excluding hydrogens is 306 g/mol. The Kier molecular flexibility index (Phi) is 3.60. The number of nitrogen functional groups attached to an aromatic ring is 1. The maximum Gasteiger partial charge on any atom is 0.356 e. The summed E-state index contributed by atoms with van der Waals surface area (Å²) < 4.78 is 7.22. The topological polar surface area (TPSA) is 89.9 Å². The van der Waals surface area contributed by atoms with Gasteiger partial charge in [-0.3, -0.25) is 4.40 Å². The van der Waals surface area contributed by atoms with E-state index in [-0.39, 0.29) is 12.3 Å². The van der Waals surface area contributed by atoms with Crippen molar-refractivity contribution in [1.82, 2.24) is 9.38 Å². The lowest BCUT2D eigenvalue weighted by molar-refractivity contribution is 0.0693. The van der Waals surface area contributed by atoms with Crippen LogP contribution in [0.3, 0.4) is 0 Å². The van der Waals surface area contributed by atoms with Gasteiger partial charge in [0.2, 0.25) is 0 Å². The standard InChI is InChI=1S/C15H12ClN3O3/c16-9-4-1-2-6-11(9)22-8-12-18-13(15(20)21)14-10(17)5-3-7-19(12)14/h1-7H,8,17H2,(H,20,21). The first-order chi connectivity index (χ1) is 10.6. The lowest BCUT2D eigenvalue weighted by Gasteiger charge is -2.07. The lowest BCUT2D eigenvalue weighted by atomic mass is 10.3. The molecule has 0 spiro atoms. The quantitative estimate of drug-likeness (QED) is 0.772. The molecule has 3 N–H and O–H groups in total. The summed E-state index contributed by atoms with van der Waals surface area (Å²) in [7, 11) is 0. The molecule has 0 aliphatic carbocycles. The molecule has 2 heterocycles. The van der Waals surface area contributed by atoms with Gasteiger partial charge in [0, 0.05) is 6.20 Å². The van der Waals surface area contributed by atoms with Gasteiger partial charge >= 0.3 is 5.97 Å². The minimum absolute atomic E-state index is 0.0711. The van der Waals surface area contributed by atoms with E-state index in [9.17, 15) is 9.90 Å². The molecular formula is C15H12ClN3O3. The fourth-order valence-corrected chi connectivity index (χ4v) is 2.37. The van der Waals surface area contributed by atoms with Crippen LogP contribution in [0.5, 0.6) is 5.75 Å². The number of benzene rings is 1. The van der Waals surface area contributed by atoms with Crippen LogP contribution < -0.4 is 10.5 Å². The van der Waals surface area contributed by atoms with Gasteiger partial charge < -0.3 is 15.6 Å². The number of ether oxygens (including phenoxy) is 1. The molecule has 112 valence electrons. The zero-order valence-corrected chi connectivity index (χ0v) is 12.1. The normalized spacial score (nSPS) is 10.8. The van der Waals surface area contributed by atoms with Crippen LogP contribution in [0, 0.1) is 0 Å². The van der Waals surface area contributed by atoms with Crippen LogP contribution in [-0.4, -0.2) is 20.5 Å². The Morgan fingerprint density at radius 1 is 1.32 bits per heavy atom. The minimum atomic E-state index is -1.14. The van der Waals surface area contributed by atoms with Crippen molar-refractivity contribution in [3.05, 3.63) is 59.1 Å². The van der Waals surface area contributed by atoms with Gasteiger partial charge in [-0.15, -0.1) is 0 Å². The molecule has 3 aromatic rings. The van der Waals surface area contributed by atoms with Crippen molar-refractivity contribution in [2.24, 2.45) is 0 Å². The number of fused-ring (bicyclic) bond motifs is 1. The summed E-state index contributed by atoms with van der Waals surface area (Å²) in [5.74, 6) is -0.208. The first-order valence-electron chi connectivity index (χ1n) is 6.44. The third kappa shape index (κ3) is 2.44. The van der Waals surface area contributed by atoms with Crippen LogP contribution >= 0.6 is 11.6 Å². The van der Waals surface area contributed by atoms with Crippen LogP contribution in [0.4, 0.5) is 5.69 Å². The lowest BCUT2D eigenvalue weighted by Crippen LogP contribution is -2.02. The first kappa shape index (κ1) is 14.2. The van der Waals surface area contributed by atoms with Gasteiger partial charge in [-0.05, 0) is 24.3 Å². The monoisotopic (exact) mass is 317 g/mol. The number of nitrogens with zero attached hydrogens (tertiary/aromatic N) is 2.